The number of aromatic nitrogens is 1. The van der Waals surface area contributed by atoms with Gasteiger partial charge in [0.2, 0.25) is 5.78 Å². The molecule has 0 amide bonds. The number of ketones is 1. The van der Waals surface area contributed by atoms with Crippen LogP contribution in [0.25, 0.3) is 17.0 Å². The van der Waals surface area contributed by atoms with Gasteiger partial charge in [-0.2, -0.15) is 0 Å². The summed E-state index contributed by atoms with van der Waals surface area (Å²) in [4.78, 5) is 17.8. The van der Waals surface area contributed by atoms with Crippen LogP contribution in [-0.2, 0) is 13.1 Å². The van der Waals surface area contributed by atoms with Crippen LogP contribution < -0.4 is 14.4 Å². The number of phenols is 1. The Morgan fingerprint density at radius 1 is 1.10 bits per heavy atom. The van der Waals surface area contributed by atoms with Crippen molar-refractivity contribution in [1.29, 1.82) is 0 Å². The number of halogens is 1. The molecule has 0 saturated carbocycles. The summed E-state index contributed by atoms with van der Waals surface area (Å²) in [5.41, 5.74) is 4.26. The van der Waals surface area contributed by atoms with Crippen LogP contribution in [0.2, 0.25) is 0 Å². The molecule has 40 heavy (non-hydrogen) atoms. The van der Waals surface area contributed by atoms with Crippen molar-refractivity contribution in [2.45, 2.75) is 26.9 Å². The molecule has 3 heterocycles. The van der Waals surface area contributed by atoms with E-state index in [1.165, 1.54) is 6.07 Å². The molecule has 0 unspecified atom stereocenters. The fraction of sp³-hybridized carbons (Fsp3) is 0.281. The van der Waals surface area contributed by atoms with E-state index in [0.29, 0.717) is 60.9 Å². The molecule has 1 N–H and O–H groups in total. The first-order valence-corrected chi connectivity index (χ1v) is 13.6. The number of anilines is 1. The van der Waals surface area contributed by atoms with Crippen LogP contribution in [0.4, 0.5) is 10.1 Å². The Kier molecular flexibility index (Phi) is 6.72. The fourth-order valence-electron chi connectivity index (χ4n) is 5.76. The van der Waals surface area contributed by atoms with E-state index in [4.69, 9.17) is 9.47 Å². The summed E-state index contributed by atoms with van der Waals surface area (Å²) in [5, 5.41) is 11.9. The van der Waals surface area contributed by atoms with Gasteiger partial charge >= 0.3 is 0 Å². The number of nitrogens with zero attached hydrogens (tertiary/aromatic N) is 3. The Balaban J connectivity index is 1.28. The van der Waals surface area contributed by atoms with Crippen LogP contribution in [0.1, 0.15) is 34.0 Å². The second kappa shape index (κ2) is 10.4. The average molecular weight is 542 g/mol. The van der Waals surface area contributed by atoms with Gasteiger partial charge < -0.3 is 24.0 Å². The SMILES string of the molecule is CCn1cc(/C=C2/Oc3c(CN4CCN(c5ccccc5F)CC4)c(O)cc(C)c3C2=O)c2cc(OC)ccc21. The molecule has 0 atom stereocenters. The van der Waals surface area contributed by atoms with E-state index in [1.54, 1.807) is 31.4 Å². The molecule has 206 valence electrons. The molecule has 0 spiro atoms. The molecule has 0 bridgehead atoms. The fourth-order valence-corrected chi connectivity index (χ4v) is 5.76. The summed E-state index contributed by atoms with van der Waals surface area (Å²) < 4.78 is 28.1. The standard InChI is InChI=1S/C32H32FN3O4/c1-4-35-18-21(23-17-22(39-3)9-10-26(23)35)16-29-31(38)30-20(2)15-28(37)24(32(30)40-29)19-34-11-13-36(14-12-34)27-8-6-5-7-25(27)33/h5-10,15-18,37H,4,11-14,19H2,1-3H3/b29-16+. The van der Waals surface area contributed by atoms with Crippen molar-refractivity contribution < 1.29 is 23.8 Å². The summed E-state index contributed by atoms with van der Waals surface area (Å²) >= 11 is 0. The number of hydrogen-bond acceptors (Lipinski definition) is 6. The zero-order valence-corrected chi connectivity index (χ0v) is 22.9. The first-order chi connectivity index (χ1) is 19.4. The molecule has 0 radical (unpaired) electrons. The molecule has 2 aliphatic rings. The topological polar surface area (TPSA) is 67.2 Å². The van der Waals surface area contributed by atoms with Gasteiger partial charge in [0.15, 0.2) is 5.76 Å². The molecular formula is C32H32FN3O4. The smallest absolute Gasteiger partial charge is 0.232 e. The molecule has 6 rings (SSSR count). The molecule has 7 nitrogen and oxygen atoms in total. The number of aromatic hydroxyl groups is 1. The number of methoxy groups -OCH3 is 1. The number of aryl methyl sites for hydroxylation is 2. The number of hydrogen-bond donors (Lipinski definition) is 1. The van der Waals surface area contributed by atoms with E-state index in [2.05, 4.69) is 16.4 Å². The number of piperazine rings is 1. The highest BCUT2D eigenvalue weighted by Gasteiger charge is 2.34. The summed E-state index contributed by atoms with van der Waals surface area (Å²) in [7, 11) is 1.63. The normalized spacial score (nSPS) is 16.6. The summed E-state index contributed by atoms with van der Waals surface area (Å²) in [5.74, 6) is 1.07. The number of benzene rings is 3. The van der Waals surface area contributed by atoms with Crippen molar-refractivity contribution in [2.24, 2.45) is 0 Å². The zero-order valence-electron chi connectivity index (χ0n) is 22.9. The first-order valence-electron chi connectivity index (χ1n) is 13.6. The second-order valence-corrected chi connectivity index (χ2v) is 10.3. The van der Waals surface area contributed by atoms with Crippen molar-refractivity contribution in [3.05, 3.63) is 88.6 Å². The number of fused-ring (bicyclic) bond motifs is 2. The third-order valence-corrected chi connectivity index (χ3v) is 7.91. The third kappa shape index (κ3) is 4.48. The lowest BCUT2D eigenvalue weighted by atomic mass is 9.99. The average Bonchev–Trinajstić information content (AvgIpc) is 3.48. The van der Waals surface area contributed by atoms with Crippen LogP contribution in [0.15, 0.2) is 60.5 Å². The Morgan fingerprint density at radius 3 is 2.60 bits per heavy atom. The zero-order chi connectivity index (χ0) is 28.0. The number of ether oxygens (including phenoxy) is 2. The molecule has 1 saturated heterocycles. The third-order valence-electron chi connectivity index (χ3n) is 7.91. The maximum Gasteiger partial charge on any atom is 0.232 e. The Labute approximate surface area is 232 Å². The van der Waals surface area contributed by atoms with E-state index in [1.807, 2.05) is 42.3 Å². The predicted molar refractivity (Wildman–Crippen MR) is 154 cm³/mol. The lowest BCUT2D eigenvalue weighted by Gasteiger charge is -2.36. The minimum atomic E-state index is -0.225. The van der Waals surface area contributed by atoms with Gasteiger partial charge in [-0.3, -0.25) is 9.69 Å². The Morgan fingerprint density at radius 2 is 1.88 bits per heavy atom. The van der Waals surface area contributed by atoms with Crippen LogP contribution in [0.5, 0.6) is 17.2 Å². The van der Waals surface area contributed by atoms with Gasteiger partial charge in [0, 0.05) is 61.9 Å². The van der Waals surface area contributed by atoms with Crippen molar-refractivity contribution >= 4 is 28.4 Å². The van der Waals surface area contributed by atoms with Crippen LogP contribution in [-0.4, -0.2) is 53.6 Å². The number of rotatable bonds is 6. The van der Waals surface area contributed by atoms with E-state index < -0.39 is 0 Å². The minimum Gasteiger partial charge on any atom is -0.507 e. The molecule has 1 fully saturated rings. The Bertz CT molecular complexity index is 1650. The quantitative estimate of drug-likeness (QED) is 0.313. The van der Waals surface area contributed by atoms with E-state index >= 15 is 0 Å². The molecule has 1 aromatic heterocycles. The highest BCUT2D eigenvalue weighted by molar-refractivity contribution is 6.16. The monoisotopic (exact) mass is 541 g/mol. The maximum absolute atomic E-state index is 14.3. The van der Waals surface area contributed by atoms with Gasteiger partial charge in [-0.15, -0.1) is 0 Å². The summed E-state index contributed by atoms with van der Waals surface area (Å²) in [6, 6.07) is 14.3. The number of para-hydroxylation sites is 1. The number of phenolic OH excluding ortho intramolecular Hbond substituents is 1. The van der Waals surface area contributed by atoms with Crippen LogP contribution in [0.3, 0.4) is 0 Å². The lowest BCUT2D eigenvalue weighted by molar-refractivity contribution is 0.101. The van der Waals surface area contributed by atoms with Gasteiger partial charge in [0.25, 0.3) is 0 Å². The Hall–Kier alpha value is -4.30. The molecular weight excluding hydrogens is 509 g/mol. The highest BCUT2D eigenvalue weighted by atomic mass is 19.1. The number of carbonyl (C=O) groups excluding carboxylic acids is 1. The predicted octanol–water partition coefficient (Wildman–Crippen LogP) is 5.76. The van der Waals surface area contributed by atoms with Gasteiger partial charge in [-0.25, -0.2) is 4.39 Å². The van der Waals surface area contributed by atoms with Gasteiger partial charge in [0.05, 0.1) is 23.9 Å². The van der Waals surface area contributed by atoms with Crippen LogP contribution >= 0.6 is 0 Å². The number of allylic oxidation sites excluding steroid dienone is 1. The summed E-state index contributed by atoms with van der Waals surface area (Å²) in [6.45, 7) is 7.78. The lowest BCUT2D eigenvalue weighted by Crippen LogP contribution is -2.46. The van der Waals surface area contributed by atoms with Crippen molar-refractivity contribution in [2.75, 3.05) is 38.2 Å². The van der Waals surface area contributed by atoms with Crippen molar-refractivity contribution in [3.8, 4) is 17.2 Å². The first kappa shape index (κ1) is 26.0. The number of Topliss-reactive ketones (excluding diaryl/α,β-unsaturated/α-hetero) is 1. The van der Waals surface area contributed by atoms with Gasteiger partial charge in [-0.05, 0) is 61.9 Å². The van der Waals surface area contributed by atoms with Gasteiger partial charge in [0.1, 0.15) is 23.1 Å². The van der Waals surface area contributed by atoms with E-state index in [0.717, 1.165) is 28.8 Å². The minimum absolute atomic E-state index is 0.106. The van der Waals surface area contributed by atoms with Gasteiger partial charge in [-0.1, -0.05) is 12.1 Å². The van der Waals surface area contributed by atoms with Crippen molar-refractivity contribution in [3.63, 3.8) is 0 Å². The largest absolute Gasteiger partial charge is 0.507 e. The van der Waals surface area contributed by atoms with Crippen molar-refractivity contribution in [1.82, 2.24) is 9.47 Å². The second-order valence-electron chi connectivity index (χ2n) is 10.3. The van der Waals surface area contributed by atoms with E-state index in [-0.39, 0.29) is 23.1 Å². The molecule has 8 heteroatoms. The van der Waals surface area contributed by atoms with Crippen LogP contribution in [0, 0.1) is 12.7 Å². The molecule has 4 aromatic rings. The maximum atomic E-state index is 14.3. The molecule has 3 aromatic carbocycles. The number of carbonyl (C=O) groups is 1. The molecule has 2 aliphatic heterocycles. The summed E-state index contributed by atoms with van der Waals surface area (Å²) in [6.07, 6.45) is 3.79. The van der Waals surface area contributed by atoms with E-state index in [9.17, 15) is 14.3 Å². The molecule has 0 aliphatic carbocycles. The highest BCUT2D eigenvalue weighted by Crippen LogP contribution is 2.43.